The molecule has 3 heteroatoms. The van der Waals surface area contributed by atoms with Crippen LogP contribution in [-0.2, 0) is 9.47 Å². The molecule has 0 radical (unpaired) electrons. The molecule has 0 saturated heterocycles. The lowest BCUT2D eigenvalue weighted by Gasteiger charge is -2.32. The van der Waals surface area contributed by atoms with E-state index >= 15 is 0 Å². The summed E-state index contributed by atoms with van der Waals surface area (Å²) < 4.78 is 11.3. The van der Waals surface area contributed by atoms with E-state index < -0.39 is 0 Å². The van der Waals surface area contributed by atoms with E-state index in [2.05, 4.69) is 33.3 Å². The van der Waals surface area contributed by atoms with Crippen molar-refractivity contribution in [2.24, 2.45) is 5.41 Å². The van der Waals surface area contributed by atoms with E-state index in [1.54, 1.807) is 0 Å². The van der Waals surface area contributed by atoms with Crippen LogP contribution in [0.4, 0.5) is 0 Å². The monoisotopic (exact) mass is 204 g/mol. The fraction of sp³-hybridized carbons (Fsp3) is 0.800. The summed E-state index contributed by atoms with van der Waals surface area (Å²) in [7, 11) is -0.190. The molecule has 13 heavy (non-hydrogen) atoms. The van der Waals surface area contributed by atoms with Crippen molar-refractivity contribution >= 4 is 10.9 Å². The molecule has 0 atom stereocenters. The number of hydrogen-bond acceptors (Lipinski definition) is 2. The Morgan fingerprint density at radius 2 is 1.62 bits per heavy atom. The first-order valence-corrected chi connectivity index (χ1v) is 6.84. The molecule has 78 valence electrons. The predicted octanol–water partition coefficient (Wildman–Crippen LogP) is 2.51. The van der Waals surface area contributed by atoms with Crippen molar-refractivity contribution in [1.29, 1.82) is 0 Å². The minimum Gasteiger partial charge on any atom is -0.489 e. The Labute approximate surface area is 83.6 Å². The van der Waals surface area contributed by atoms with Gasteiger partial charge in [-0.15, -0.1) is 0 Å². The normalized spacial score (nSPS) is 19.3. The van der Waals surface area contributed by atoms with Gasteiger partial charge in [0.2, 0.25) is 0 Å². The molecule has 0 saturated carbocycles. The molecule has 0 fully saturated rings. The van der Waals surface area contributed by atoms with Gasteiger partial charge in [0.05, 0.1) is 0 Å². The van der Waals surface area contributed by atoms with Gasteiger partial charge in [0.15, 0.2) is 5.09 Å². The minimum absolute atomic E-state index is 0.0718. The quantitative estimate of drug-likeness (QED) is 0.662. The lowest BCUT2D eigenvalue weighted by Crippen LogP contribution is -2.22. The summed E-state index contributed by atoms with van der Waals surface area (Å²) in [6.07, 6.45) is 4.40. The van der Waals surface area contributed by atoms with Crippen LogP contribution in [0.3, 0.4) is 0 Å². The Morgan fingerprint density at radius 1 is 1.08 bits per heavy atom. The number of ether oxygens (including phenoxy) is 2. The van der Waals surface area contributed by atoms with Crippen molar-refractivity contribution in [3.05, 3.63) is 10.9 Å². The second kappa shape index (κ2) is 3.82. The molecular weight excluding hydrogens is 184 g/mol. The van der Waals surface area contributed by atoms with Gasteiger partial charge in [-0.25, -0.2) is 0 Å². The van der Waals surface area contributed by atoms with E-state index in [9.17, 15) is 0 Å². The van der Waals surface area contributed by atoms with Crippen molar-refractivity contribution in [2.45, 2.75) is 20.8 Å². The van der Waals surface area contributed by atoms with Gasteiger partial charge in [0.25, 0.3) is 0 Å². The SMILES string of the molecule is C[SH](C)C1=C(C(C)(C)C)OCCO1. The van der Waals surface area contributed by atoms with E-state index in [0.717, 1.165) is 10.9 Å². The van der Waals surface area contributed by atoms with E-state index in [-0.39, 0.29) is 16.3 Å². The molecular formula is C10H20O2S. The molecule has 0 N–H and O–H groups in total. The van der Waals surface area contributed by atoms with Crippen LogP contribution in [0.1, 0.15) is 20.8 Å². The first-order chi connectivity index (χ1) is 5.93. The second-order valence-corrected chi connectivity index (χ2v) is 6.67. The molecule has 1 rings (SSSR count). The lowest BCUT2D eigenvalue weighted by atomic mass is 9.94. The van der Waals surface area contributed by atoms with Crippen molar-refractivity contribution < 1.29 is 9.47 Å². The van der Waals surface area contributed by atoms with Crippen LogP contribution in [0.15, 0.2) is 10.9 Å². The molecule has 0 spiro atoms. The predicted molar refractivity (Wildman–Crippen MR) is 59.2 cm³/mol. The van der Waals surface area contributed by atoms with Gasteiger partial charge >= 0.3 is 0 Å². The molecule has 1 aliphatic rings. The van der Waals surface area contributed by atoms with Crippen molar-refractivity contribution in [1.82, 2.24) is 0 Å². The Hall–Kier alpha value is -0.310. The molecule has 1 heterocycles. The maximum atomic E-state index is 5.69. The molecule has 2 nitrogen and oxygen atoms in total. The van der Waals surface area contributed by atoms with E-state index in [1.165, 1.54) is 0 Å². The summed E-state index contributed by atoms with van der Waals surface area (Å²) in [6, 6.07) is 0. The molecule has 0 aromatic rings. The van der Waals surface area contributed by atoms with Gasteiger partial charge in [-0.1, -0.05) is 20.8 Å². The van der Waals surface area contributed by atoms with Gasteiger partial charge < -0.3 is 9.47 Å². The third-order valence-corrected chi connectivity index (χ3v) is 2.99. The summed E-state index contributed by atoms with van der Waals surface area (Å²) in [5.74, 6) is 1.05. The summed E-state index contributed by atoms with van der Waals surface area (Å²) in [4.78, 5) is 0. The summed E-state index contributed by atoms with van der Waals surface area (Å²) >= 11 is 0. The minimum atomic E-state index is -0.190. The number of rotatable bonds is 1. The standard InChI is InChI=1S/C10H20O2S/c1-10(2,3)8-9(13(4)5)12-7-6-11-8/h13H,6-7H2,1-5H3. The van der Waals surface area contributed by atoms with Crippen molar-refractivity contribution in [3.8, 4) is 0 Å². The van der Waals surface area contributed by atoms with Crippen LogP contribution in [0.2, 0.25) is 0 Å². The van der Waals surface area contributed by atoms with Crippen molar-refractivity contribution in [2.75, 3.05) is 25.7 Å². The Kier molecular flexibility index (Phi) is 3.17. The van der Waals surface area contributed by atoms with Gasteiger partial charge in [-0.2, -0.15) is 10.9 Å². The lowest BCUT2D eigenvalue weighted by molar-refractivity contribution is 0.0466. The maximum absolute atomic E-state index is 5.69. The van der Waals surface area contributed by atoms with Gasteiger partial charge in [0, 0.05) is 5.41 Å². The fourth-order valence-corrected chi connectivity index (χ4v) is 2.43. The summed E-state index contributed by atoms with van der Waals surface area (Å²) in [5.41, 5.74) is 0.0718. The van der Waals surface area contributed by atoms with Crippen LogP contribution in [0.5, 0.6) is 0 Å². The zero-order valence-corrected chi connectivity index (χ0v) is 10.1. The zero-order valence-electron chi connectivity index (χ0n) is 9.18. The highest BCUT2D eigenvalue weighted by atomic mass is 32.2. The Morgan fingerprint density at radius 3 is 2.00 bits per heavy atom. The van der Waals surface area contributed by atoms with E-state index in [1.807, 2.05) is 0 Å². The topological polar surface area (TPSA) is 18.5 Å². The number of allylic oxidation sites excluding steroid dienone is 1. The molecule has 0 bridgehead atoms. The molecule has 0 amide bonds. The summed E-state index contributed by atoms with van der Waals surface area (Å²) in [6.45, 7) is 7.89. The van der Waals surface area contributed by atoms with Crippen molar-refractivity contribution in [3.63, 3.8) is 0 Å². The van der Waals surface area contributed by atoms with Gasteiger partial charge in [0.1, 0.15) is 19.0 Å². The van der Waals surface area contributed by atoms with Crippen LogP contribution < -0.4 is 0 Å². The fourth-order valence-electron chi connectivity index (χ4n) is 1.28. The second-order valence-electron chi connectivity index (χ2n) is 4.48. The maximum Gasteiger partial charge on any atom is 0.171 e. The van der Waals surface area contributed by atoms with Gasteiger partial charge in [-0.05, 0) is 12.5 Å². The highest BCUT2D eigenvalue weighted by molar-refractivity contribution is 8.19. The third kappa shape index (κ3) is 2.56. The average molecular weight is 204 g/mol. The molecule has 1 aliphatic heterocycles. The van der Waals surface area contributed by atoms with Crippen LogP contribution in [-0.4, -0.2) is 25.7 Å². The molecule has 0 aromatic heterocycles. The van der Waals surface area contributed by atoms with Crippen LogP contribution >= 0.6 is 10.9 Å². The smallest absolute Gasteiger partial charge is 0.171 e. The highest BCUT2D eigenvalue weighted by Gasteiger charge is 2.27. The average Bonchev–Trinajstić information content (AvgIpc) is 2.03. The number of hydrogen-bond donors (Lipinski definition) is 1. The largest absolute Gasteiger partial charge is 0.489 e. The Balaban J connectivity index is 2.97. The first kappa shape index (κ1) is 10.8. The van der Waals surface area contributed by atoms with Crippen LogP contribution in [0.25, 0.3) is 0 Å². The highest BCUT2D eigenvalue weighted by Crippen LogP contribution is 2.40. The zero-order chi connectivity index (χ0) is 10.1. The van der Waals surface area contributed by atoms with E-state index in [0.29, 0.717) is 13.2 Å². The van der Waals surface area contributed by atoms with E-state index in [4.69, 9.17) is 9.47 Å². The molecule has 0 aliphatic carbocycles. The molecule has 0 unspecified atom stereocenters. The summed E-state index contributed by atoms with van der Waals surface area (Å²) in [5, 5.41) is 1.09. The van der Waals surface area contributed by atoms with Crippen LogP contribution in [0, 0.1) is 5.41 Å². The molecule has 0 aromatic carbocycles. The first-order valence-electron chi connectivity index (χ1n) is 4.60. The van der Waals surface area contributed by atoms with Gasteiger partial charge in [-0.3, -0.25) is 0 Å². The number of thiol groups is 1. The third-order valence-electron chi connectivity index (χ3n) is 1.85. The Bertz CT molecular complexity index is 213.